The van der Waals surface area contributed by atoms with Crippen LogP contribution < -0.4 is 0 Å². The molecule has 0 amide bonds. The van der Waals surface area contributed by atoms with Gasteiger partial charge < -0.3 is 4.90 Å². The van der Waals surface area contributed by atoms with Gasteiger partial charge in [-0.25, -0.2) is 4.98 Å². The Morgan fingerprint density at radius 3 is 3.06 bits per heavy atom. The third kappa shape index (κ3) is 2.68. The molecule has 1 saturated heterocycles. The molecule has 0 saturated carbocycles. The number of hydrogen-bond donors (Lipinski definition) is 0. The van der Waals surface area contributed by atoms with E-state index < -0.39 is 0 Å². The van der Waals surface area contributed by atoms with Crippen LogP contribution in [-0.4, -0.2) is 35.3 Å². The van der Waals surface area contributed by atoms with Crippen molar-refractivity contribution < 1.29 is 4.79 Å². The number of rotatable bonds is 4. The second-order valence-electron chi connectivity index (χ2n) is 4.43. The van der Waals surface area contributed by atoms with Gasteiger partial charge in [-0.15, -0.1) is 11.3 Å². The number of aromatic nitrogens is 1. The molecule has 0 N–H and O–H groups in total. The smallest absolute Gasteiger partial charge is 0.171 e. The molecule has 1 unspecified atom stereocenters. The van der Waals surface area contributed by atoms with Gasteiger partial charge in [-0.05, 0) is 25.4 Å². The molecule has 0 aromatic carbocycles. The van der Waals surface area contributed by atoms with Crippen LogP contribution in [0.2, 0.25) is 0 Å². The summed E-state index contributed by atoms with van der Waals surface area (Å²) in [6, 6.07) is 0. The van der Waals surface area contributed by atoms with E-state index in [0.29, 0.717) is 0 Å². The minimum Gasteiger partial charge on any atom is -0.303 e. The fourth-order valence-electron chi connectivity index (χ4n) is 2.18. The van der Waals surface area contributed by atoms with Gasteiger partial charge in [-0.3, -0.25) is 4.79 Å². The number of Topliss-reactive ketones (excluding diaryl/α,β-unsaturated/α-hetero) is 1. The average Bonchev–Trinajstić information content (AvgIpc) is 2.87. The molecule has 1 aromatic heterocycles. The van der Waals surface area contributed by atoms with Crippen LogP contribution in [0.5, 0.6) is 0 Å². The van der Waals surface area contributed by atoms with Crippen LogP contribution in [0.25, 0.3) is 0 Å². The highest BCUT2D eigenvalue weighted by Gasteiger charge is 2.22. The highest BCUT2D eigenvalue weighted by Crippen LogP contribution is 2.23. The highest BCUT2D eigenvalue weighted by molar-refractivity contribution is 7.13. The molecular weight excluding hydrogens is 220 g/mol. The summed E-state index contributed by atoms with van der Waals surface area (Å²) in [5, 5.41) is 1.12. The van der Waals surface area contributed by atoms with E-state index in [4.69, 9.17) is 0 Å². The molecule has 2 heterocycles. The largest absolute Gasteiger partial charge is 0.303 e. The molecule has 16 heavy (non-hydrogen) atoms. The van der Waals surface area contributed by atoms with Crippen molar-refractivity contribution in [2.75, 3.05) is 19.6 Å². The Hall–Kier alpha value is -0.740. The van der Waals surface area contributed by atoms with Crippen molar-refractivity contribution in [2.45, 2.75) is 26.7 Å². The Bertz CT molecular complexity index is 375. The lowest BCUT2D eigenvalue weighted by molar-refractivity contribution is 0.102. The predicted molar refractivity (Wildman–Crippen MR) is 66.0 cm³/mol. The van der Waals surface area contributed by atoms with E-state index >= 15 is 0 Å². The Kier molecular flexibility index (Phi) is 3.71. The first kappa shape index (κ1) is 11.7. The third-order valence-electron chi connectivity index (χ3n) is 3.18. The number of ketones is 1. The van der Waals surface area contributed by atoms with Gasteiger partial charge in [-0.1, -0.05) is 6.92 Å². The SMILES string of the molecule is CCN1CCC(Cc2ncc(C(C)=O)s2)C1. The molecule has 88 valence electrons. The normalized spacial score (nSPS) is 21.5. The van der Waals surface area contributed by atoms with Crippen molar-refractivity contribution in [1.82, 2.24) is 9.88 Å². The Balaban J connectivity index is 1.92. The van der Waals surface area contributed by atoms with Crippen LogP contribution >= 0.6 is 11.3 Å². The van der Waals surface area contributed by atoms with E-state index in [1.165, 1.54) is 19.5 Å². The summed E-state index contributed by atoms with van der Waals surface area (Å²) in [6.07, 6.45) is 4.02. The number of hydrogen-bond acceptors (Lipinski definition) is 4. The monoisotopic (exact) mass is 238 g/mol. The summed E-state index contributed by atoms with van der Waals surface area (Å²) in [5.41, 5.74) is 0. The molecule has 0 aliphatic carbocycles. The van der Waals surface area contributed by atoms with Crippen LogP contribution in [-0.2, 0) is 6.42 Å². The van der Waals surface area contributed by atoms with Gasteiger partial charge in [0.15, 0.2) is 5.78 Å². The minimum atomic E-state index is 0.130. The van der Waals surface area contributed by atoms with Crippen LogP contribution in [0.4, 0.5) is 0 Å². The van der Waals surface area contributed by atoms with Crippen molar-refractivity contribution in [3.63, 3.8) is 0 Å². The first-order valence-corrected chi connectivity index (χ1v) is 6.68. The fraction of sp³-hybridized carbons (Fsp3) is 0.667. The lowest BCUT2D eigenvalue weighted by Crippen LogP contribution is -2.20. The number of carbonyl (C=O) groups is 1. The first-order valence-electron chi connectivity index (χ1n) is 5.87. The molecule has 1 aliphatic rings. The van der Waals surface area contributed by atoms with Crippen molar-refractivity contribution in [2.24, 2.45) is 5.92 Å². The van der Waals surface area contributed by atoms with Gasteiger partial charge in [0.1, 0.15) is 0 Å². The van der Waals surface area contributed by atoms with Crippen LogP contribution in [0.15, 0.2) is 6.20 Å². The standard InChI is InChI=1S/C12H18N2OS/c1-3-14-5-4-10(8-14)6-12-13-7-11(16-12)9(2)15/h7,10H,3-6,8H2,1-2H3. The number of likely N-dealkylation sites (tertiary alicyclic amines) is 1. The fourth-order valence-corrected chi connectivity index (χ4v) is 3.11. The number of carbonyl (C=O) groups excluding carboxylic acids is 1. The van der Waals surface area contributed by atoms with Gasteiger partial charge in [0.05, 0.1) is 9.88 Å². The molecule has 1 fully saturated rings. The average molecular weight is 238 g/mol. The second kappa shape index (κ2) is 5.06. The van der Waals surface area contributed by atoms with E-state index in [0.717, 1.165) is 28.8 Å². The molecule has 1 aliphatic heterocycles. The van der Waals surface area contributed by atoms with Gasteiger partial charge in [0, 0.05) is 26.1 Å². The van der Waals surface area contributed by atoms with Gasteiger partial charge in [0.25, 0.3) is 0 Å². The van der Waals surface area contributed by atoms with E-state index in [9.17, 15) is 4.79 Å². The second-order valence-corrected chi connectivity index (χ2v) is 5.54. The molecule has 4 heteroatoms. The summed E-state index contributed by atoms with van der Waals surface area (Å²) in [4.78, 5) is 18.8. The minimum absolute atomic E-state index is 0.130. The van der Waals surface area contributed by atoms with E-state index in [1.807, 2.05) is 0 Å². The van der Waals surface area contributed by atoms with Crippen LogP contribution in [0.3, 0.4) is 0 Å². The van der Waals surface area contributed by atoms with E-state index in [2.05, 4.69) is 16.8 Å². The van der Waals surface area contributed by atoms with Gasteiger partial charge >= 0.3 is 0 Å². The van der Waals surface area contributed by atoms with Crippen LogP contribution in [0, 0.1) is 5.92 Å². The predicted octanol–water partition coefficient (Wildman–Crippen LogP) is 2.23. The van der Waals surface area contributed by atoms with Gasteiger partial charge in [0.2, 0.25) is 0 Å². The number of nitrogens with zero attached hydrogens (tertiary/aromatic N) is 2. The zero-order chi connectivity index (χ0) is 11.5. The maximum absolute atomic E-state index is 11.2. The summed E-state index contributed by atoms with van der Waals surface area (Å²) in [5.74, 6) is 0.858. The molecular formula is C12H18N2OS. The summed E-state index contributed by atoms with van der Waals surface area (Å²) in [6.45, 7) is 7.36. The molecule has 1 aromatic rings. The zero-order valence-corrected chi connectivity index (χ0v) is 10.7. The van der Waals surface area contributed by atoms with E-state index in [1.54, 1.807) is 24.5 Å². The molecule has 0 bridgehead atoms. The van der Waals surface area contributed by atoms with Crippen molar-refractivity contribution in [3.05, 3.63) is 16.1 Å². The Labute approximate surface area is 100 Å². The maximum Gasteiger partial charge on any atom is 0.171 e. The lowest BCUT2D eigenvalue weighted by atomic mass is 10.1. The third-order valence-corrected chi connectivity index (χ3v) is 4.30. The number of thiazole rings is 1. The van der Waals surface area contributed by atoms with Crippen LogP contribution in [0.1, 0.15) is 34.9 Å². The highest BCUT2D eigenvalue weighted by atomic mass is 32.1. The molecule has 0 radical (unpaired) electrons. The van der Waals surface area contributed by atoms with Crippen molar-refractivity contribution in [1.29, 1.82) is 0 Å². The quantitative estimate of drug-likeness (QED) is 0.754. The zero-order valence-electron chi connectivity index (χ0n) is 9.90. The van der Waals surface area contributed by atoms with Crippen molar-refractivity contribution in [3.8, 4) is 0 Å². The Morgan fingerprint density at radius 1 is 1.69 bits per heavy atom. The lowest BCUT2D eigenvalue weighted by Gasteiger charge is -2.11. The summed E-state index contributed by atoms with van der Waals surface area (Å²) in [7, 11) is 0. The Morgan fingerprint density at radius 2 is 2.50 bits per heavy atom. The van der Waals surface area contributed by atoms with Crippen molar-refractivity contribution >= 4 is 17.1 Å². The molecule has 0 spiro atoms. The first-order chi connectivity index (χ1) is 7.69. The van der Waals surface area contributed by atoms with Gasteiger partial charge in [-0.2, -0.15) is 0 Å². The summed E-state index contributed by atoms with van der Waals surface area (Å²) >= 11 is 1.56. The van der Waals surface area contributed by atoms with E-state index in [-0.39, 0.29) is 5.78 Å². The molecule has 1 atom stereocenters. The molecule has 3 nitrogen and oxygen atoms in total. The maximum atomic E-state index is 11.2. The molecule has 2 rings (SSSR count). The summed E-state index contributed by atoms with van der Waals surface area (Å²) < 4.78 is 0. The topological polar surface area (TPSA) is 33.2 Å².